The lowest BCUT2D eigenvalue weighted by Crippen LogP contribution is -2.44. The van der Waals surface area contributed by atoms with E-state index >= 15 is 0 Å². The summed E-state index contributed by atoms with van der Waals surface area (Å²) in [5, 5.41) is 5.78. The van der Waals surface area contributed by atoms with Crippen LogP contribution in [0.5, 0.6) is 0 Å². The number of hydrogen-bond donors (Lipinski definition) is 2. The van der Waals surface area contributed by atoms with Crippen LogP contribution in [0.4, 0.5) is 10.2 Å². The van der Waals surface area contributed by atoms with Crippen molar-refractivity contribution >= 4 is 11.7 Å². The van der Waals surface area contributed by atoms with Crippen LogP contribution in [0.2, 0.25) is 0 Å². The molecule has 1 aromatic rings. The minimum atomic E-state index is -0.379. The Bertz CT molecular complexity index is 410. The molecule has 2 heterocycles. The van der Waals surface area contributed by atoms with Crippen molar-refractivity contribution in [3.05, 3.63) is 24.1 Å². The van der Waals surface area contributed by atoms with Gasteiger partial charge in [0.2, 0.25) is 5.91 Å². The first-order chi connectivity index (χ1) is 7.59. The van der Waals surface area contributed by atoms with E-state index in [1.807, 2.05) is 6.92 Å². The van der Waals surface area contributed by atoms with E-state index in [1.54, 1.807) is 6.07 Å². The number of nitrogens with one attached hydrogen (secondary N) is 2. The van der Waals surface area contributed by atoms with E-state index in [4.69, 9.17) is 0 Å². The van der Waals surface area contributed by atoms with E-state index in [2.05, 4.69) is 15.6 Å². The Labute approximate surface area is 93.3 Å². The Hall–Kier alpha value is -1.65. The summed E-state index contributed by atoms with van der Waals surface area (Å²) < 4.78 is 13.3. The third-order valence-electron chi connectivity index (χ3n) is 2.75. The van der Waals surface area contributed by atoms with Crippen molar-refractivity contribution < 1.29 is 9.18 Å². The van der Waals surface area contributed by atoms with Gasteiger partial charge in [0, 0.05) is 19.2 Å². The molecule has 2 N–H and O–H groups in total. The first kappa shape index (κ1) is 10.9. The first-order valence-electron chi connectivity index (χ1n) is 5.24. The lowest BCUT2D eigenvalue weighted by atomic mass is 10.0. The Morgan fingerprint density at radius 3 is 3.12 bits per heavy atom. The molecule has 1 atom stereocenters. The molecule has 1 amide bonds. The predicted octanol–water partition coefficient (Wildman–Crippen LogP) is 1.30. The van der Waals surface area contributed by atoms with Crippen LogP contribution in [0.3, 0.4) is 0 Å². The first-order valence-corrected chi connectivity index (χ1v) is 5.24. The van der Waals surface area contributed by atoms with Gasteiger partial charge in [0.25, 0.3) is 0 Å². The second-order valence-corrected chi connectivity index (χ2v) is 4.30. The van der Waals surface area contributed by atoms with Crippen LogP contribution < -0.4 is 10.6 Å². The number of carbonyl (C=O) groups excluding carboxylic acids is 1. The Morgan fingerprint density at radius 1 is 1.69 bits per heavy atom. The quantitative estimate of drug-likeness (QED) is 0.812. The average molecular weight is 223 g/mol. The van der Waals surface area contributed by atoms with E-state index in [0.29, 0.717) is 13.0 Å². The maximum atomic E-state index is 13.3. The van der Waals surface area contributed by atoms with Crippen LogP contribution in [0.15, 0.2) is 18.3 Å². The van der Waals surface area contributed by atoms with Gasteiger partial charge in [-0.25, -0.2) is 9.37 Å². The van der Waals surface area contributed by atoms with Gasteiger partial charge in [0.05, 0.1) is 5.54 Å². The molecule has 2 rings (SSSR count). The minimum Gasteiger partial charge on any atom is -0.365 e. The summed E-state index contributed by atoms with van der Waals surface area (Å²) in [6, 6.07) is 2.89. The lowest BCUT2D eigenvalue weighted by molar-refractivity contribution is -0.119. The molecule has 4 nitrogen and oxygen atoms in total. The number of amides is 1. The van der Waals surface area contributed by atoms with Gasteiger partial charge in [-0.05, 0) is 25.5 Å². The van der Waals surface area contributed by atoms with E-state index in [-0.39, 0.29) is 23.1 Å². The summed E-state index contributed by atoms with van der Waals surface area (Å²) in [5.41, 5.74) is -0.305. The van der Waals surface area contributed by atoms with Crippen LogP contribution in [0.1, 0.15) is 19.8 Å². The second kappa shape index (κ2) is 4.08. The molecule has 0 bridgehead atoms. The molecular weight excluding hydrogens is 209 g/mol. The minimum absolute atomic E-state index is 0.0470. The number of aromatic nitrogens is 1. The fourth-order valence-corrected chi connectivity index (χ4v) is 1.78. The molecular formula is C11H14FN3O. The van der Waals surface area contributed by atoms with Crippen LogP contribution in [0, 0.1) is 5.82 Å². The summed E-state index contributed by atoms with van der Waals surface area (Å²) in [4.78, 5) is 15.0. The largest absolute Gasteiger partial charge is 0.365 e. The average Bonchev–Trinajstić information content (AvgIpc) is 2.58. The highest BCUT2D eigenvalue weighted by atomic mass is 19.1. The molecule has 0 aromatic carbocycles. The molecule has 0 saturated carbocycles. The summed E-state index contributed by atoms with van der Waals surface area (Å²) in [7, 11) is 0. The van der Waals surface area contributed by atoms with Crippen molar-refractivity contribution in [3.63, 3.8) is 0 Å². The molecule has 0 aliphatic carbocycles. The van der Waals surface area contributed by atoms with Crippen molar-refractivity contribution in [2.75, 3.05) is 11.9 Å². The number of anilines is 1. The molecule has 0 spiro atoms. The standard InChI is InChI=1S/C11H14FN3O/c1-11(5-4-9(16)15-11)7-14-10-8(12)3-2-6-13-10/h2-3,6H,4-5,7H2,1H3,(H,13,14)(H,15,16). The zero-order valence-corrected chi connectivity index (χ0v) is 9.09. The SMILES string of the molecule is CC1(CNc2ncccc2F)CCC(=O)N1. The third-order valence-corrected chi connectivity index (χ3v) is 2.75. The highest BCUT2D eigenvalue weighted by Crippen LogP contribution is 2.20. The van der Waals surface area contributed by atoms with Gasteiger partial charge in [0.1, 0.15) is 0 Å². The molecule has 1 aromatic heterocycles. The number of hydrogen-bond acceptors (Lipinski definition) is 3. The second-order valence-electron chi connectivity index (χ2n) is 4.30. The van der Waals surface area contributed by atoms with Gasteiger partial charge >= 0.3 is 0 Å². The number of halogens is 1. The molecule has 16 heavy (non-hydrogen) atoms. The molecule has 1 fully saturated rings. The summed E-state index contributed by atoms with van der Waals surface area (Å²) in [5.74, 6) is -0.105. The highest BCUT2D eigenvalue weighted by Gasteiger charge is 2.32. The molecule has 1 saturated heterocycles. The van der Waals surface area contributed by atoms with Crippen molar-refractivity contribution in [2.45, 2.75) is 25.3 Å². The van der Waals surface area contributed by atoms with Gasteiger partial charge in [-0.15, -0.1) is 0 Å². The number of nitrogens with zero attached hydrogens (tertiary/aromatic N) is 1. The molecule has 86 valence electrons. The highest BCUT2D eigenvalue weighted by molar-refractivity contribution is 5.79. The van der Waals surface area contributed by atoms with E-state index in [9.17, 15) is 9.18 Å². The monoisotopic (exact) mass is 223 g/mol. The Morgan fingerprint density at radius 2 is 2.50 bits per heavy atom. The fraction of sp³-hybridized carbons (Fsp3) is 0.455. The molecule has 0 radical (unpaired) electrons. The van der Waals surface area contributed by atoms with Crippen molar-refractivity contribution in [3.8, 4) is 0 Å². The maximum absolute atomic E-state index is 13.3. The van der Waals surface area contributed by atoms with Gasteiger partial charge in [-0.1, -0.05) is 0 Å². The van der Waals surface area contributed by atoms with Gasteiger partial charge in [-0.2, -0.15) is 0 Å². The smallest absolute Gasteiger partial charge is 0.220 e. The van der Waals surface area contributed by atoms with Crippen molar-refractivity contribution in [1.29, 1.82) is 0 Å². The molecule has 1 aliphatic heterocycles. The molecule has 5 heteroatoms. The normalized spacial score (nSPS) is 24.2. The van der Waals surface area contributed by atoms with E-state index in [0.717, 1.165) is 6.42 Å². The fourth-order valence-electron chi connectivity index (χ4n) is 1.78. The number of pyridine rings is 1. The molecule has 1 aliphatic rings. The van der Waals surface area contributed by atoms with Crippen molar-refractivity contribution in [2.24, 2.45) is 0 Å². The predicted molar refractivity (Wildman–Crippen MR) is 58.5 cm³/mol. The van der Waals surface area contributed by atoms with Gasteiger partial charge in [-0.3, -0.25) is 4.79 Å². The van der Waals surface area contributed by atoms with E-state index < -0.39 is 0 Å². The Kier molecular flexibility index (Phi) is 2.77. The van der Waals surface area contributed by atoms with Crippen LogP contribution in [-0.4, -0.2) is 23.0 Å². The molecule has 1 unspecified atom stereocenters. The van der Waals surface area contributed by atoms with Crippen LogP contribution in [-0.2, 0) is 4.79 Å². The summed E-state index contributed by atoms with van der Waals surface area (Å²) in [6.45, 7) is 2.42. The van der Waals surface area contributed by atoms with Gasteiger partial charge in [0.15, 0.2) is 11.6 Å². The zero-order valence-electron chi connectivity index (χ0n) is 9.09. The summed E-state index contributed by atoms with van der Waals surface area (Å²) >= 11 is 0. The van der Waals surface area contributed by atoms with Gasteiger partial charge < -0.3 is 10.6 Å². The Balaban J connectivity index is 1.97. The van der Waals surface area contributed by atoms with Crippen LogP contribution >= 0.6 is 0 Å². The van der Waals surface area contributed by atoms with E-state index in [1.165, 1.54) is 12.3 Å². The number of carbonyl (C=O) groups is 1. The maximum Gasteiger partial charge on any atom is 0.220 e. The number of rotatable bonds is 3. The zero-order chi connectivity index (χ0) is 11.6. The van der Waals surface area contributed by atoms with Crippen molar-refractivity contribution in [1.82, 2.24) is 10.3 Å². The van der Waals surface area contributed by atoms with Crippen LogP contribution in [0.25, 0.3) is 0 Å². The summed E-state index contributed by atoms with van der Waals surface area (Å²) in [6.07, 6.45) is 2.82. The lowest BCUT2D eigenvalue weighted by Gasteiger charge is -2.24. The topological polar surface area (TPSA) is 54.0 Å². The third kappa shape index (κ3) is 2.29.